The highest BCUT2D eigenvalue weighted by atomic mass is 16.3. The number of carbonyl (C=O) groups is 1. The molecule has 1 aromatic carbocycles. The summed E-state index contributed by atoms with van der Waals surface area (Å²) in [6.07, 6.45) is 2.73. The molecule has 4 heteroatoms. The molecule has 0 amide bonds. The smallest absolute Gasteiger partial charge is 0.166 e. The van der Waals surface area contributed by atoms with Crippen molar-refractivity contribution in [1.82, 2.24) is 9.97 Å². The lowest BCUT2D eigenvalue weighted by molar-refractivity contribution is 0.0994. The fraction of sp³-hybridized carbons (Fsp3) is 0.154. The molecule has 1 aromatic heterocycles. The van der Waals surface area contributed by atoms with Gasteiger partial charge in [0, 0.05) is 12.6 Å². The molecule has 0 radical (unpaired) electrons. The van der Waals surface area contributed by atoms with Crippen LogP contribution >= 0.6 is 0 Å². The first-order chi connectivity index (χ1) is 8.25. The molecule has 84 valence electrons. The van der Waals surface area contributed by atoms with Crippen LogP contribution in [0, 0.1) is 0 Å². The summed E-state index contributed by atoms with van der Waals surface area (Å²) < 4.78 is 0. The second-order valence-electron chi connectivity index (χ2n) is 3.99. The van der Waals surface area contributed by atoms with Crippen molar-refractivity contribution in [2.45, 2.75) is 12.8 Å². The van der Waals surface area contributed by atoms with Crippen LogP contribution in [0.25, 0.3) is 11.4 Å². The van der Waals surface area contributed by atoms with E-state index in [0.717, 1.165) is 5.69 Å². The zero-order chi connectivity index (χ0) is 11.8. The topological polar surface area (TPSA) is 63.1 Å². The first kappa shape index (κ1) is 9.96. The summed E-state index contributed by atoms with van der Waals surface area (Å²) in [6, 6.07) is 6.91. The number of aryl methyl sites for hydroxylation is 1. The maximum Gasteiger partial charge on any atom is 0.166 e. The van der Waals surface area contributed by atoms with Crippen molar-refractivity contribution in [3.63, 3.8) is 0 Å². The molecular formula is C13H10N2O2. The van der Waals surface area contributed by atoms with Gasteiger partial charge in [0.2, 0.25) is 0 Å². The Morgan fingerprint density at radius 1 is 1.12 bits per heavy atom. The van der Waals surface area contributed by atoms with E-state index in [0.29, 0.717) is 29.8 Å². The fourth-order valence-corrected chi connectivity index (χ4v) is 2.00. The number of rotatable bonds is 1. The van der Waals surface area contributed by atoms with Gasteiger partial charge in [0.05, 0.1) is 16.8 Å². The van der Waals surface area contributed by atoms with Crippen LogP contribution in [0.2, 0.25) is 0 Å². The minimum Gasteiger partial charge on any atom is -0.507 e. The van der Waals surface area contributed by atoms with Crippen LogP contribution in [0.4, 0.5) is 0 Å². The quantitative estimate of drug-likeness (QED) is 0.807. The number of phenolic OH excluding ortho intramolecular Hbond substituents is 1. The van der Waals surface area contributed by atoms with Gasteiger partial charge in [-0.15, -0.1) is 0 Å². The number of benzene rings is 1. The third-order valence-corrected chi connectivity index (χ3v) is 2.90. The van der Waals surface area contributed by atoms with E-state index in [-0.39, 0.29) is 11.5 Å². The second kappa shape index (κ2) is 3.66. The van der Waals surface area contributed by atoms with Gasteiger partial charge in [-0.1, -0.05) is 12.1 Å². The van der Waals surface area contributed by atoms with Crippen molar-refractivity contribution in [1.29, 1.82) is 0 Å². The van der Waals surface area contributed by atoms with Crippen LogP contribution in [0.5, 0.6) is 5.75 Å². The number of carbonyl (C=O) groups excluding carboxylic acids is 1. The van der Waals surface area contributed by atoms with Crippen molar-refractivity contribution in [3.05, 3.63) is 41.7 Å². The lowest BCUT2D eigenvalue weighted by Gasteiger charge is -2.04. The highest BCUT2D eigenvalue weighted by Gasteiger charge is 2.22. The normalized spacial score (nSPS) is 13.8. The van der Waals surface area contributed by atoms with E-state index in [4.69, 9.17) is 0 Å². The first-order valence-corrected chi connectivity index (χ1v) is 5.43. The molecule has 0 atom stereocenters. The van der Waals surface area contributed by atoms with Crippen LogP contribution in [0.1, 0.15) is 22.5 Å². The Balaban J connectivity index is 2.12. The minimum atomic E-state index is 0.101. The molecular weight excluding hydrogens is 216 g/mol. The van der Waals surface area contributed by atoms with E-state index in [1.165, 1.54) is 0 Å². The fourth-order valence-electron chi connectivity index (χ4n) is 2.00. The highest BCUT2D eigenvalue weighted by molar-refractivity contribution is 5.99. The summed E-state index contributed by atoms with van der Waals surface area (Å²) in [7, 11) is 0. The van der Waals surface area contributed by atoms with Crippen molar-refractivity contribution in [3.8, 4) is 17.1 Å². The summed E-state index contributed by atoms with van der Waals surface area (Å²) in [5, 5.41) is 9.72. The molecule has 1 aliphatic carbocycles. The molecule has 1 N–H and O–H groups in total. The molecule has 2 aromatic rings. The summed E-state index contributed by atoms with van der Waals surface area (Å²) in [6.45, 7) is 0. The standard InChI is InChI=1S/C13H10N2O2/c16-11-4-2-1-3-8(11)13-14-7-9-10(15-13)5-6-12(9)17/h1-4,7,16H,5-6H2. The van der Waals surface area contributed by atoms with Gasteiger partial charge >= 0.3 is 0 Å². The molecule has 0 spiro atoms. The van der Waals surface area contributed by atoms with E-state index in [1.807, 2.05) is 6.07 Å². The van der Waals surface area contributed by atoms with Crippen molar-refractivity contribution in [2.75, 3.05) is 0 Å². The zero-order valence-corrected chi connectivity index (χ0v) is 9.05. The SMILES string of the molecule is O=C1CCc2nc(-c3ccccc3O)ncc21. The lowest BCUT2D eigenvalue weighted by atomic mass is 10.1. The molecule has 0 bridgehead atoms. The number of para-hydroxylation sites is 1. The third-order valence-electron chi connectivity index (χ3n) is 2.90. The van der Waals surface area contributed by atoms with Crippen molar-refractivity contribution < 1.29 is 9.90 Å². The van der Waals surface area contributed by atoms with Gasteiger partial charge in [0.25, 0.3) is 0 Å². The average molecular weight is 226 g/mol. The van der Waals surface area contributed by atoms with Crippen molar-refractivity contribution >= 4 is 5.78 Å². The number of aromatic nitrogens is 2. The van der Waals surface area contributed by atoms with Crippen LogP contribution in [0.3, 0.4) is 0 Å². The summed E-state index contributed by atoms with van der Waals surface area (Å²) in [5.74, 6) is 0.720. The molecule has 0 unspecified atom stereocenters. The van der Waals surface area contributed by atoms with E-state index in [1.54, 1.807) is 24.4 Å². The first-order valence-electron chi connectivity index (χ1n) is 5.43. The maximum atomic E-state index is 11.5. The minimum absolute atomic E-state index is 0.101. The van der Waals surface area contributed by atoms with Crippen LogP contribution in [-0.2, 0) is 6.42 Å². The number of fused-ring (bicyclic) bond motifs is 1. The number of hydrogen-bond donors (Lipinski definition) is 1. The molecule has 0 aliphatic heterocycles. The van der Waals surface area contributed by atoms with Gasteiger partial charge in [0.15, 0.2) is 11.6 Å². The number of aromatic hydroxyl groups is 1. The molecule has 0 fully saturated rings. The predicted molar refractivity (Wildman–Crippen MR) is 61.8 cm³/mol. The molecule has 1 heterocycles. The van der Waals surface area contributed by atoms with E-state index in [2.05, 4.69) is 9.97 Å². The van der Waals surface area contributed by atoms with Crippen LogP contribution in [-0.4, -0.2) is 20.9 Å². The van der Waals surface area contributed by atoms with E-state index < -0.39 is 0 Å². The number of phenols is 1. The largest absolute Gasteiger partial charge is 0.507 e. The highest BCUT2D eigenvalue weighted by Crippen LogP contribution is 2.28. The Morgan fingerprint density at radius 2 is 1.94 bits per heavy atom. The van der Waals surface area contributed by atoms with Gasteiger partial charge < -0.3 is 5.11 Å². The van der Waals surface area contributed by atoms with Gasteiger partial charge in [0.1, 0.15) is 5.75 Å². The molecule has 3 rings (SSSR count). The molecule has 0 saturated heterocycles. The Labute approximate surface area is 98.0 Å². The van der Waals surface area contributed by atoms with Crippen molar-refractivity contribution in [2.24, 2.45) is 0 Å². The number of ketones is 1. The Kier molecular flexibility index (Phi) is 2.14. The number of hydrogen-bond acceptors (Lipinski definition) is 4. The molecule has 17 heavy (non-hydrogen) atoms. The van der Waals surface area contributed by atoms with Gasteiger partial charge in [-0.3, -0.25) is 4.79 Å². The lowest BCUT2D eigenvalue weighted by Crippen LogP contribution is -1.97. The van der Waals surface area contributed by atoms with Gasteiger partial charge in [-0.2, -0.15) is 0 Å². The monoisotopic (exact) mass is 226 g/mol. The summed E-state index contributed by atoms with van der Waals surface area (Å²) >= 11 is 0. The van der Waals surface area contributed by atoms with Gasteiger partial charge in [-0.25, -0.2) is 9.97 Å². The Hall–Kier alpha value is -2.23. The maximum absolute atomic E-state index is 11.5. The van der Waals surface area contributed by atoms with E-state index >= 15 is 0 Å². The summed E-state index contributed by atoms with van der Waals surface area (Å²) in [4.78, 5) is 19.9. The van der Waals surface area contributed by atoms with Crippen LogP contribution < -0.4 is 0 Å². The molecule has 1 aliphatic rings. The molecule has 4 nitrogen and oxygen atoms in total. The van der Waals surface area contributed by atoms with Gasteiger partial charge in [-0.05, 0) is 18.6 Å². The van der Waals surface area contributed by atoms with Crippen LogP contribution in [0.15, 0.2) is 30.5 Å². The Bertz CT molecular complexity index is 608. The van der Waals surface area contributed by atoms with E-state index in [9.17, 15) is 9.90 Å². The molecule has 0 saturated carbocycles. The zero-order valence-electron chi connectivity index (χ0n) is 9.05. The average Bonchev–Trinajstić information content (AvgIpc) is 2.71. The third kappa shape index (κ3) is 1.58. The number of nitrogens with zero attached hydrogens (tertiary/aromatic N) is 2. The Morgan fingerprint density at radius 3 is 2.76 bits per heavy atom. The predicted octanol–water partition coefficient (Wildman–Crippen LogP) is 1.98. The summed E-state index contributed by atoms with van der Waals surface area (Å²) in [5.41, 5.74) is 1.99. The second-order valence-corrected chi connectivity index (χ2v) is 3.99. The number of Topliss-reactive ketones (excluding diaryl/α,β-unsaturated/α-hetero) is 1.